The lowest BCUT2D eigenvalue weighted by atomic mass is 10.2. The quantitative estimate of drug-likeness (QED) is 0.819. The molecule has 0 aliphatic heterocycles. The molecule has 2 amide bonds. The summed E-state index contributed by atoms with van der Waals surface area (Å²) in [6, 6.07) is 16.5. The Morgan fingerprint density at radius 2 is 1.68 bits per heavy atom. The standard InChI is InChI=1S/C20H24N2O3/c1-4-25-18-12-10-17(11-13-18)21-19(23)20(24)22(15(2)3)14-16-8-6-5-7-9-16/h5-13,15H,4,14H2,1-3H3,(H,21,23). The fourth-order valence-corrected chi connectivity index (χ4v) is 2.39. The molecule has 0 saturated heterocycles. The average molecular weight is 340 g/mol. The number of carbonyl (C=O) groups excluding carboxylic acids is 2. The third-order valence-electron chi connectivity index (χ3n) is 3.70. The van der Waals surface area contributed by atoms with Gasteiger partial charge in [-0.1, -0.05) is 30.3 Å². The van der Waals surface area contributed by atoms with Crippen molar-refractivity contribution < 1.29 is 14.3 Å². The second-order valence-corrected chi connectivity index (χ2v) is 5.92. The van der Waals surface area contributed by atoms with Crippen LogP contribution in [-0.2, 0) is 16.1 Å². The summed E-state index contributed by atoms with van der Waals surface area (Å²) in [5.74, 6) is -0.471. The lowest BCUT2D eigenvalue weighted by molar-refractivity contribution is -0.144. The van der Waals surface area contributed by atoms with E-state index in [1.807, 2.05) is 51.1 Å². The molecule has 0 fully saturated rings. The van der Waals surface area contributed by atoms with Gasteiger partial charge in [0, 0.05) is 18.3 Å². The molecule has 0 spiro atoms. The molecule has 0 radical (unpaired) electrons. The molecule has 2 aromatic rings. The Morgan fingerprint density at radius 1 is 1.04 bits per heavy atom. The molecule has 5 nitrogen and oxygen atoms in total. The van der Waals surface area contributed by atoms with Gasteiger partial charge in [-0.3, -0.25) is 9.59 Å². The molecule has 0 aliphatic rings. The molecule has 2 rings (SSSR count). The van der Waals surface area contributed by atoms with Gasteiger partial charge in [0.2, 0.25) is 0 Å². The number of carbonyl (C=O) groups is 2. The van der Waals surface area contributed by atoms with Gasteiger partial charge in [0.05, 0.1) is 6.61 Å². The van der Waals surface area contributed by atoms with E-state index in [1.54, 1.807) is 29.2 Å². The van der Waals surface area contributed by atoms with E-state index in [4.69, 9.17) is 4.74 Å². The summed E-state index contributed by atoms with van der Waals surface area (Å²) in [5, 5.41) is 2.65. The highest BCUT2D eigenvalue weighted by atomic mass is 16.5. The fourth-order valence-electron chi connectivity index (χ4n) is 2.39. The van der Waals surface area contributed by atoms with Gasteiger partial charge >= 0.3 is 11.8 Å². The van der Waals surface area contributed by atoms with E-state index in [9.17, 15) is 9.59 Å². The minimum absolute atomic E-state index is 0.0845. The van der Waals surface area contributed by atoms with Crippen molar-refractivity contribution in [1.29, 1.82) is 0 Å². The van der Waals surface area contributed by atoms with Crippen LogP contribution >= 0.6 is 0 Å². The molecule has 0 aliphatic carbocycles. The normalized spacial score (nSPS) is 10.4. The van der Waals surface area contributed by atoms with E-state index in [-0.39, 0.29) is 6.04 Å². The summed E-state index contributed by atoms with van der Waals surface area (Å²) in [7, 11) is 0. The molecule has 5 heteroatoms. The number of rotatable bonds is 6. The predicted molar refractivity (Wildman–Crippen MR) is 98.4 cm³/mol. The van der Waals surface area contributed by atoms with Crippen LogP contribution in [0.2, 0.25) is 0 Å². The first kappa shape index (κ1) is 18.5. The van der Waals surface area contributed by atoms with Crippen molar-refractivity contribution in [1.82, 2.24) is 4.90 Å². The van der Waals surface area contributed by atoms with E-state index < -0.39 is 11.8 Å². The zero-order valence-electron chi connectivity index (χ0n) is 14.9. The van der Waals surface area contributed by atoms with Gasteiger partial charge in [-0.2, -0.15) is 0 Å². The Labute approximate surface area is 148 Å². The molecule has 0 atom stereocenters. The number of ether oxygens (including phenoxy) is 1. The van der Waals surface area contributed by atoms with E-state index in [1.165, 1.54) is 0 Å². The summed E-state index contributed by atoms with van der Waals surface area (Å²) in [6.07, 6.45) is 0. The van der Waals surface area contributed by atoms with Crippen molar-refractivity contribution in [2.75, 3.05) is 11.9 Å². The summed E-state index contributed by atoms with van der Waals surface area (Å²) < 4.78 is 5.36. The number of nitrogens with one attached hydrogen (secondary N) is 1. The van der Waals surface area contributed by atoms with Crippen LogP contribution < -0.4 is 10.1 Å². The maximum absolute atomic E-state index is 12.6. The van der Waals surface area contributed by atoms with Crippen LogP contribution in [0.15, 0.2) is 54.6 Å². The molecule has 0 heterocycles. The first-order valence-electron chi connectivity index (χ1n) is 8.40. The molecule has 0 aromatic heterocycles. The minimum atomic E-state index is -0.645. The molecular formula is C20H24N2O3. The SMILES string of the molecule is CCOc1ccc(NC(=O)C(=O)N(Cc2ccccc2)C(C)C)cc1. The molecule has 0 bridgehead atoms. The maximum atomic E-state index is 12.6. The van der Waals surface area contributed by atoms with Crippen LogP contribution in [0.3, 0.4) is 0 Å². The van der Waals surface area contributed by atoms with Crippen LogP contribution in [0.4, 0.5) is 5.69 Å². The van der Waals surface area contributed by atoms with Gasteiger partial charge in [0.15, 0.2) is 0 Å². The first-order valence-corrected chi connectivity index (χ1v) is 8.40. The Morgan fingerprint density at radius 3 is 2.24 bits per heavy atom. The largest absolute Gasteiger partial charge is 0.494 e. The third-order valence-corrected chi connectivity index (χ3v) is 3.70. The topological polar surface area (TPSA) is 58.6 Å². The number of anilines is 1. The van der Waals surface area contributed by atoms with Gasteiger partial charge < -0.3 is 15.0 Å². The Balaban J connectivity index is 2.03. The highest BCUT2D eigenvalue weighted by Crippen LogP contribution is 2.16. The lowest BCUT2D eigenvalue weighted by Crippen LogP contribution is -2.43. The van der Waals surface area contributed by atoms with Crippen LogP contribution in [0.5, 0.6) is 5.75 Å². The zero-order valence-corrected chi connectivity index (χ0v) is 14.9. The van der Waals surface area contributed by atoms with E-state index in [2.05, 4.69) is 5.32 Å². The molecule has 0 saturated carbocycles. The Bertz CT molecular complexity index is 697. The van der Waals surface area contributed by atoms with Crippen LogP contribution in [0.1, 0.15) is 26.3 Å². The van der Waals surface area contributed by atoms with Crippen molar-refractivity contribution in [3.8, 4) is 5.75 Å². The van der Waals surface area contributed by atoms with Crippen LogP contribution in [0, 0.1) is 0 Å². The summed E-state index contributed by atoms with van der Waals surface area (Å²) in [5.41, 5.74) is 1.55. The number of benzene rings is 2. The highest BCUT2D eigenvalue weighted by molar-refractivity contribution is 6.39. The van der Waals surface area contributed by atoms with E-state index in [0.717, 1.165) is 11.3 Å². The predicted octanol–water partition coefficient (Wildman–Crippen LogP) is 3.46. The summed E-state index contributed by atoms with van der Waals surface area (Å²) in [4.78, 5) is 26.4. The van der Waals surface area contributed by atoms with Crippen LogP contribution in [-0.4, -0.2) is 29.4 Å². The van der Waals surface area contributed by atoms with Gasteiger partial charge in [-0.25, -0.2) is 0 Å². The Kier molecular flexibility index (Phi) is 6.57. The molecule has 0 unspecified atom stereocenters. The Hall–Kier alpha value is -2.82. The molecular weight excluding hydrogens is 316 g/mol. The smallest absolute Gasteiger partial charge is 0.313 e. The molecule has 25 heavy (non-hydrogen) atoms. The lowest BCUT2D eigenvalue weighted by Gasteiger charge is -2.26. The fraction of sp³-hybridized carbons (Fsp3) is 0.300. The minimum Gasteiger partial charge on any atom is -0.494 e. The highest BCUT2D eigenvalue weighted by Gasteiger charge is 2.24. The van der Waals surface area contributed by atoms with Gasteiger partial charge in [0.1, 0.15) is 5.75 Å². The zero-order chi connectivity index (χ0) is 18.2. The van der Waals surface area contributed by atoms with Gasteiger partial charge in [-0.05, 0) is 50.6 Å². The number of amides is 2. The average Bonchev–Trinajstić information content (AvgIpc) is 2.61. The number of nitrogens with zero attached hydrogens (tertiary/aromatic N) is 1. The van der Waals surface area contributed by atoms with Gasteiger partial charge in [-0.15, -0.1) is 0 Å². The van der Waals surface area contributed by atoms with Crippen molar-refractivity contribution in [2.45, 2.75) is 33.4 Å². The van der Waals surface area contributed by atoms with Gasteiger partial charge in [0.25, 0.3) is 0 Å². The monoisotopic (exact) mass is 340 g/mol. The van der Waals surface area contributed by atoms with E-state index >= 15 is 0 Å². The van der Waals surface area contributed by atoms with Crippen molar-refractivity contribution in [3.63, 3.8) is 0 Å². The van der Waals surface area contributed by atoms with Crippen LogP contribution in [0.25, 0.3) is 0 Å². The number of hydrogen-bond acceptors (Lipinski definition) is 3. The summed E-state index contributed by atoms with van der Waals surface area (Å²) in [6.45, 7) is 6.67. The summed E-state index contributed by atoms with van der Waals surface area (Å²) >= 11 is 0. The molecule has 2 aromatic carbocycles. The van der Waals surface area contributed by atoms with Crippen molar-refractivity contribution in [3.05, 3.63) is 60.2 Å². The second-order valence-electron chi connectivity index (χ2n) is 5.92. The number of hydrogen-bond donors (Lipinski definition) is 1. The third kappa shape index (κ3) is 5.35. The molecule has 1 N–H and O–H groups in total. The first-order chi connectivity index (χ1) is 12.0. The van der Waals surface area contributed by atoms with Crippen molar-refractivity contribution in [2.24, 2.45) is 0 Å². The van der Waals surface area contributed by atoms with Crippen molar-refractivity contribution >= 4 is 17.5 Å². The maximum Gasteiger partial charge on any atom is 0.313 e. The van der Waals surface area contributed by atoms with E-state index in [0.29, 0.717) is 18.8 Å². The second kappa shape index (κ2) is 8.87. The molecule has 132 valence electrons.